The van der Waals surface area contributed by atoms with Crippen LogP contribution in [0.2, 0.25) is 10.0 Å². The van der Waals surface area contributed by atoms with E-state index in [4.69, 9.17) is 32.4 Å². The number of carbonyl (C=O) groups excluding carboxylic acids is 1. The van der Waals surface area contributed by atoms with Crippen LogP contribution >= 0.6 is 23.2 Å². The predicted octanol–water partition coefficient (Wildman–Crippen LogP) is 5.50. The number of nitrogens with zero attached hydrogens (tertiary/aromatic N) is 2. The molecule has 1 atom stereocenters. The zero-order valence-electron chi connectivity index (χ0n) is 16.7. The second-order valence-corrected chi connectivity index (χ2v) is 8.36. The number of aromatic nitrogens is 1. The van der Waals surface area contributed by atoms with Crippen LogP contribution in [0.1, 0.15) is 36.0 Å². The molecule has 1 fully saturated rings. The molecule has 4 rings (SSSR count). The molecule has 5 nitrogen and oxygen atoms in total. The van der Waals surface area contributed by atoms with Crippen molar-refractivity contribution in [1.29, 1.82) is 0 Å². The number of carbonyl (C=O) groups is 1. The standard InChI is InChI=1S/C23H21Cl2FN2O3/c24-17-5-3-15(4-6-17)10-19-12-27-23(31-19)16-2-1-9-28(13-16)22(29)14-30-18-7-8-21(26)20(25)11-18/h3-8,11-12,16H,1-2,9-10,13-14H2/t16-/m0/s1. The monoisotopic (exact) mass is 462 g/mol. The highest BCUT2D eigenvalue weighted by Gasteiger charge is 2.28. The summed E-state index contributed by atoms with van der Waals surface area (Å²) in [7, 11) is 0. The van der Waals surface area contributed by atoms with Crippen molar-refractivity contribution in [3.63, 3.8) is 0 Å². The van der Waals surface area contributed by atoms with Gasteiger partial charge in [-0.3, -0.25) is 4.79 Å². The summed E-state index contributed by atoms with van der Waals surface area (Å²) in [6, 6.07) is 11.6. The highest BCUT2D eigenvalue weighted by Crippen LogP contribution is 2.28. The van der Waals surface area contributed by atoms with Crippen LogP contribution < -0.4 is 4.74 Å². The van der Waals surface area contributed by atoms with Crippen LogP contribution in [0, 0.1) is 5.82 Å². The Kier molecular flexibility index (Phi) is 6.78. The fourth-order valence-electron chi connectivity index (χ4n) is 3.60. The van der Waals surface area contributed by atoms with Gasteiger partial charge in [0.2, 0.25) is 0 Å². The van der Waals surface area contributed by atoms with Crippen molar-refractivity contribution in [3.8, 4) is 5.75 Å². The minimum Gasteiger partial charge on any atom is -0.484 e. The Morgan fingerprint density at radius 2 is 2.03 bits per heavy atom. The molecule has 3 aromatic rings. The third kappa shape index (κ3) is 5.57. The maximum Gasteiger partial charge on any atom is 0.260 e. The molecule has 1 aromatic heterocycles. The van der Waals surface area contributed by atoms with E-state index in [-0.39, 0.29) is 23.5 Å². The van der Waals surface area contributed by atoms with Crippen molar-refractivity contribution >= 4 is 29.1 Å². The van der Waals surface area contributed by atoms with Crippen LogP contribution in [0.5, 0.6) is 5.75 Å². The van der Waals surface area contributed by atoms with E-state index in [0.29, 0.717) is 36.2 Å². The largest absolute Gasteiger partial charge is 0.484 e. The van der Waals surface area contributed by atoms with Gasteiger partial charge >= 0.3 is 0 Å². The lowest BCUT2D eigenvalue weighted by Crippen LogP contribution is -2.41. The zero-order valence-corrected chi connectivity index (χ0v) is 18.2. The van der Waals surface area contributed by atoms with E-state index in [0.717, 1.165) is 24.2 Å². The molecule has 8 heteroatoms. The van der Waals surface area contributed by atoms with Gasteiger partial charge in [-0.15, -0.1) is 0 Å². The zero-order chi connectivity index (χ0) is 21.8. The van der Waals surface area contributed by atoms with E-state index in [2.05, 4.69) is 4.98 Å². The number of hydrogen-bond donors (Lipinski definition) is 0. The second-order valence-electron chi connectivity index (χ2n) is 7.51. The van der Waals surface area contributed by atoms with Crippen molar-refractivity contribution in [1.82, 2.24) is 9.88 Å². The van der Waals surface area contributed by atoms with Crippen molar-refractivity contribution in [2.24, 2.45) is 0 Å². The summed E-state index contributed by atoms with van der Waals surface area (Å²) in [5.74, 6) is 1.15. The van der Waals surface area contributed by atoms with E-state index in [1.54, 1.807) is 11.1 Å². The van der Waals surface area contributed by atoms with Crippen LogP contribution in [0.15, 0.2) is 53.1 Å². The number of likely N-dealkylation sites (tertiary alicyclic amines) is 1. The molecule has 1 aliphatic rings. The molecule has 0 saturated carbocycles. The maximum absolute atomic E-state index is 13.2. The van der Waals surface area contributed by atoms with Crippen LogP contribution in [-0.4, -0.2) is 35.5 Å². The van der Waals surface area contributed by atoms with Crippen molar-refractivity contribution < 1.29 is 18.3 Å². The van der Waals surface area contributed by atoms with Gasteiger partial charge in [-0.1, -0.05) is 35.3 Å². The van der Waals surface area contributed by atoms with Crippen molar-refractivity contribution in [2.45, 2.75) is 25.2 Å². The number of benzene rings is 2. The minimum atomic E-state index is -0.527. The first kappa shape index (κ1) is 21.7. The molecule has 0 N–H and O–H groups in total. The molecule has 0 aliphatic carbocycles. The SMILES string of the molecule is O=C(COc1ccc(F)c(Cl)c1)N1CCC[C@H](c2ncc(Cc3ccc(Cl)cc3)o2)C1. The number of halogens is 3. The summed E-state index contributed by atoms with van der Waals surface area (Å²) in [6.07, 6.45) is 4.13. The van der Waals surface area contributed by atoms with Gasteiger partial charge in [0.05, 0.1) is 17.1 Å². The Morgan fingerprint density at radius 1 is 1.23 bits per heavy atom. The fourth-order valence-corrected chi connectivity index (χ4v) is 3.90. The van der Waals surface area contributed by atoms with Gasteiger partial charge < -0.3 is 14.1 Å². The fraction of sp³-hybridized carbons (Fsp3) is 0.304. The van der Waals surface area contributed by atoms with Gasteiger partial charge in [0, 0.05) is 30.6 Å². The Bertz CT molecular complexity index is 1060. The minimum absolute atomic E-state index is 0.0388. The Hall–Kier alpha value is -2.57. The highest BCUT2D eigenvalue weighted by atomic mass is 35.5. The number of oxazole rings is 1. The summed E-state index contributed by atoms with van der Waals surface area (Å²) >= 11 is 11.7. The summed E-state index contributed by atoms with van der Waals surface area (Å²) < 4.78 is 24.7. The number of ether oxygens (including phenoxy) is 1. The summed E-state index contributed by atoms with van der Waals surface area (Å²) in [6.45, 7) is 1.04. The molecule has 2 aromatic carbocycles. The Balaban J connectivity index is 1.33. The summed E-state index contributed by atoms with van der Waals surface area (Å²) in [5, 5.41) is 0.654. The predicted molar refractivity (Wildman–Crippen MR) is 116 cm³/mol. The first-order chi connectivity index (χ1) is 15.0. The van der Waals surface area contributed by atoms with E-state index >= 15 is 0 Å². The second kappa shape index (κ2) is 9.71. The van der Waals surface area contributed by atoms with Gasteiger partial charge in [0.15, 0.2) is 12.5 Å². The molecule has 1 aliphatic heterocycles. The van der Waals surface area contributed by atoms with E-state index in [9.17, 15) is 9.18 Å². The topological polar surface area (TPSA) is 55.6 Å². The average molecular weight is 463 g/mol. The van der Waals surface area contributed by atoms with Gasteiger partial charge in [-0.2, -0.15) is 0 Å². The number of amides is 1. The smallest absolute Gasteiger partial charge is 0.260 e. The lowest BCUT2D eigenvalue weighted by molar-refractivity contribution is -0.134. The van der Waals surface area contributed by atoms with Crippen LogP contribution in [0.4, 0.5) is 4.39 Å². The Labute approximate surface area is 189 Å². The molecule has 2 heterocycles. The number of rotatable bonds is 6. The lowest BCUT2D eigenvalue weighted by Gasteiger charge is -2.31. The van der Waals surface area contributed by atoms with E-state index in [1.807, 2.05) is 24.3 Å². The normalized spacial score (nSPS) is 16.4. The molecule has 162 valence electrons. The van der Waals surface area contributed by atoms with Gasteiger partial charge in [-0.05, 0) is 42.7 Å². The molecule has 0 unspecified atom stereocenters. The first-order valence-corrected chi connectivity index (χ1v) is 10.8. The van der Waals surface area contributed by atoms with Crippen LogP contribution in [0.25, 0.3) is 0 Å². The molecular formula is C23H21Cl2FN2O3. The van der Waals surface area contributed by atoms with E-state index < -0.39 is 5.82 Å². The molecule has 0 bridgehead atoms. The third-order valence-electron chi connectivity index (χ3n) is 5.24. The molecule has 1 saturated heterocycles. The van der Waals surface area contributed by atoms with Gasteiger partial charge in [0.1, 0.15) is 17.3 Å². The highest BCUT2D eigenvalue weighted by molar-refractivity contribution is 6.31. The van der Waals surface area contributed by atoms with Crippen LogP contribution in [-0.2, 0) is 11.2 Å². The quantitative estimate of drug-likeness (QED) is 0.485. The van der Waals surface area contributed by atoms with Crippen LogP contribution in [0.3, 0.4) is 0 Å². The Morgan fingerprint density at radius 3 is 2.81 bits per heavy atom. The number of piperidine rings is 1. The third-order valence-corrected chi connectivity index (χ3v) is 5.78. The van der Waals surface area contributed by atoms with Gasteiger partial charge in [0.25, 0.3) is 5.91 Å². The molecular weight excluding hydrogens is 442 g/mol. The van der Waals surface area contributed by atoms with Crippen molar-refractivity contribution in [3.05, 3.63) is 81.7 Å². The van der Waals surface area contributed by atoms with Crippen molar-refractivity contribution in [2.75, 3.05) is 19.7 Å². The molecule has 1 amide bonds. The van der Waals surface area contributed by atoms with Gasteiger partial charge in [-0.25, -0.2) is 9.37 Å². The average Bonchev–Trinajstić information content (AvgIpc) is 3.24. The lowest BCUT2D eigenvalue weighted by atomic mass is 9.98. The molecule has 0 radical (unpaired) electrons. The maximum atomic E-state index is 13.2. The first-order valence-electron chi connectivity index (χ1n) is 10.0. The van der Waals surface area contributed by atoms with E-state index in [1.165, 1.54) is 18.2 Å². The summed E-state index contributed by atoms with van der Waals surface area (Å²) in [4.78, 5) is 18.8. The molecule has 0 spiro atoms. The summed E-state index contributed by atoms with van der Waals surface area (Å²) in [5.41, 5.74) is 1.09. The molecule has 31 heavy (non-hydrogen) atoms. The number of hydrogen-bond acceptors (Lipinski definition) is 4.